The summed E-state index contributed by atoms with van der Waals surface area (Å²) in [7, 11) is 0. The third-order valence-corrected chi connectivity index (χ3v) is 4.52. The highest BCUT2D eigenvalue weighted by Crippen LogP contribution is 2.28. The molecule has 0 bridgehead atoms. The first-order valence-corrected chi connectivity index (χ1v) is 8.61. The van der Waals surface area contributed by atoms with Gasteiger partial charge < -0.3 is 15.5 Å². The van der Waals surface area contributed by atoms with Crippen molar-refractivity contribution < 1.29 is 4.79 Å². The van der Waals surface area contributed by atoms with E-state index >= 15 is 0 Å². The number of hydrogen-bond acceptors (Lipinski definition) is 2. The minimum absolute atomic E-state index is 0.0375. The number of anilines is 2. The summed E-state index contributed by atoms with van der Waals surface area (Å²) >= 11 is 0. The van der Waals surface area contributed by atoms with E-state index in [2.05, 4.69) is 52.8 Å². The number of carbonyl (C=O) groups excluding carboxylic acids is 1. The maximum atomic E-state index is 12.4. The van der Waals surface area contributed by atoms with E-state index in [1.807, 2.05) is 25.1 Å². The first kappa shape index (κ1) is 16.4. The zero-order valence-electron chi connectivity index (χ0n) is 14.4. The first-order valence-electron chi connectivity index (χ1n) is 8.61. The summed E-state index contributed by atoms with van der Waals surface area (Å²) in [5.74, 6) is 0. The van der Waals surface area contributed by atoms with Gasteiger partial charge in [0.05, 0.1) is 17.4 Å². The van der Waals surface area contributed by atoms with Crippen LogP contribution in [0.2, 0.25) is 0 Å². The van der Waals surface area contributed by atoms with E-state index in [0.29, 0.717) is 0 Å². The van der Waals surface area contributed by atoms with Crippen molar-refractivity contribution in [1.29, 1.82) is 0 Å². The molecule has 3 rings (SSSR count). The van der Waals surface area contributed by atoms with Crippen LogP contribution >= 0.6 is 0 Å². The van der Waals surface area contributed by atoms with Crippen molar-refractivity contribution in [2.24, 2.45) is 0 Å². The van der Waals surface area contributed by atoms with Gasteiger partial charge in [0, 0.05) is 13.1 Å². The molecule has 2 aromatic carbocycles. The van der Waals surface area contributed by atoms with Gasteiger partial charge in [0.15, 0.2) is 0 Å². The molecule has 4 nitrogen and oxygen atoms in total. The van der Waals surface area contributed by atoms with Gasteiger partial charge in [-0.05, 0) is 44.4 Å². The first-order chi connectivity index (χ1) is 11.6. The van der Waals surface area contributed by atoms with E-state index in [-0.39, 0.29) is 12.1 Å². The highest BCUT2D eigenvalue weighted by molar-refractivity contribution is 5.93. The largest absolute Gasteiger partial charge is 0.370 e. The lowest BCUT2D eigenvalue weighted by Gasteiger charge is -2.22. The van der Waals surface area contributed by atoms with Crippen molar-refractivity contribution >= 4 is 17.4 Å². The molecule has 1 saturated heterocycles. The monoisotopic (exact) mass is 323 g/mol. The minimum Gasteiger partial charge on any atom is -0.370 e. The van der Waals surface area contributed by atoms with Crippen LogP contribution in [0.5, 0.6) is 0 Å². The number of nitrogens with one attached hydrogen (secondary N) is 2. The second-order valence-corrected chi connectivity index (χ2v) is 6.44. The SMILES string of the molecule is Cc1ccc(C(C)NC(=O)Nc2ccccc2N2CCCC2)cc1. The normalized spacial score (nSPS) is 15.2. The number of aryl methyl sites for hydroxylation is 1. The van der Waals surface area contributed by atoms with Crippen LogP contribution in [0, 0.1) is 6.92 Å². The molecular formula is C20H25N3O. The lowest BCUT2D eigenvalue weighted by atomic mass is 10.1. The van der Waals surface area contributed by atoms with Gasteiger partial charge in [-0.3, -0.25) is 0 Å². The van der Waals surface area contributed by atoms with Crippen LogP contribution in [-0.4, -0.2) is 19.1 Å². The fraction of sp³-hybridized carbons (Fsp3) is 0.350. The number of nitrogens with zero attached hydrogens (tertiary/aromatic N) is 1. The molecular weight excluding hydrogens is 298 g/mol. The van der Waals surface area contributed by atoms with Crippen molar-refractivity contribution in [3.63, 3.8) is 0 Å². The Labute approximate surface area is 143 Å². The number of urea groups is 1. The average Bonchev–Trinajstić information content (AvgIpc) is 3.10. The summed E-state index contributed by atoms with van der Waals surface area (Å²) in [5.41, 5.74) is 4.29. The molecule has 0 saturated carbocycles. The van der Waals surface area contributed by atoms with Crippen LogP contribution in [0.25, 0.3) is 0 Å². The molecule has 1 fully saturated rings. The smallest absolute Gasteiger partial charge is 0.319 e. The molecule has 1 atom stereocenters. The predicted molar refractivity (Wildman–Crippen MR) is 99.6 cm³/mol. The zero-order valence-corrected chi connectivity index (χ0v) is 14.4. The Hall–Kier alpha value is -2.49. The Morgan fingerprint density at radius 1 is 1.04 bits per heavy atom. The zero-order chi connectivity index (χ0) is 16.9. The van der Waals surface area contributed by atoms with Gasteiger partial charge in [0.1, 0.15) is 0 Å². The van der Waals surface area contributed by atoms with Gasteiger partial charge in [0.25, 0.3) is 0 Å². The van der Waals surface area contributed by atoms with Gasteiger partial charge >= 0.3 is 6.03 Å². The van der Waals surface area contributed by atoms with Gasteiger partial charge in [-0.2, -0.15) is 0 Å². The van der Waals surface area contributed by atoms with Gasteiger partial charge in [-0.15, -0.1) is 0 Å². The molecule has 2 N–H and O–H groups in total. The lowest BCUT2D eigenvalue weighted by molar-refractivity contribution is 0.249. The quantitative estimate of drug-likeness (QED) is 0.871. The van der Waals surface area contributed by atoms with Crippen molar-refractivity contribution in [2.75, 3.05) is 23.3 Å². The molecule has 1 heterocycles. The predicted octanol–water partition coefficient (Wildman–Crippen LogP) is 4.48. The number of rotatable bonds is 4. The summed E-state index contributed by atoms with van der Waals surface area (Å²) in [6, 6.07) is 16.0. The van der Waals surface area contributed by atoms with Gasteiger partial charge in [-0.25, -0.2) is 4.79 Å². The molecule has 126 valence electrons. The lowest BCUT2D eigenvalue weighted by Crippen LogP contribution is -2.32. The van der Waals surface area contributed by atoms with Crippen LogP contribution in [0.15, 0.2) is 48.5 Å². The average molecular weight is 323 g/mol. The molecule has 0 spiro atoms. The van der Waals surface area contributed by atoms with Crippen molar-refractivity contribution in [3.05, 3.63) is 59.7 Å². The Kier molecular flexibility index (Phi) is 5.04. The summed E-state index contributed by atoms with van der Waals surface area (Å²) in [5, 5.41) is 6.02. The number of amides is 2. The Morgan fingerprint density at radius 3 is 2.42 bits per heavy atom. The molecule has 2 amide bonds. The standard InChI is InChI=1S/C20H25N3O/c1-15-9-11-17(12-10-15)16(2)21-20(24)22-18-7-3-4-8-19(18)23-13-5-6-14-23/h3-4,7-12,16H,5-6,13-14H2,1-2H3,(H2,21,22,24). The van der Waals surface area contributed by atoms with Crippen LogP contribution in [0.1, 0.15) is 36.9 Å². The minimum atomic E-state index is -0.172. The summed E-state index contributed by atoms with van der Waals surface area (Å²) in [6.45, 7) is 6.17. The Morgan fingerprint density at radius 2 is 1.71 bits per heavy atom. The second-order valence-electron chi connectivity index (χ2n) is 6.44. The fourth-order valence-electron chi connectivity index (χ4n) is 3.11. The van der Waals surface area contributed by atoms with Gasteiger partial charge in [-0.1, -0.05) is 42.0 Å². The van der Waals surface area contributed by atoms with E-state index in [4.69, 9.17) is 0 Å². The molecule has 4 heteroatoms. The van der Waals surface area contributed by atoms with Crippen molar-refractivity contribution in [3.8, 4) is 0 Å². The third-order valence-electron chi connectivity index (χ3n) is 4.52. The molecule has 0 aliphatic carbocycles. The molecule has 2 aromatic rings. The van der Waals surface area contributed by atoms with Crippen LogP contribution in [0.4, 0.5) is 16.2 Å². The number of carbonyl (C=O) groups is 1. The molecule has 1 aliphatic heterocycles. The molecule has 1 aliphatic rings. The highest BCUT2D eigenvalue weighted by atomic mass is 16.2. The Balaban J connectivity index is 1.65. The van der Waals surface area contributed by atoms with E-state index in [9.17, 15) is 4.79 Å². The molecule has 0 radical (unpaired) electrons. The number of benzene rings is 2. The van der Waals surface area contributed by atoms with E-state index in [1.165, 1.54) is 18.4 Å². The molecule has 1 unspecified atom stereocenters. The molecule has 24 heavy (non-hydrogen) atoms. The Bertz CT molecular complexity index is 690. The van der Waals surface area contributed by atoms with Crippen LogP contribution < -0.4 is 15.5 Å². The fourth-order valence-corrected chi connectivity index (χ4v) is 3.11. The third kappa shape index (κ3) is 3.88. The van der Waals surface area contributed by atoms with Gasteiger partial charge in [0.2, 0.25) is 0 Å². The summed E-state index contributed by atoms with van der Waals surface area (Å²) in [6.07, 6.45) is 2.43. The maximum absolute atomic E-state index is 12.4. The van der Waals surface area contributed by atoms with E-state index < -0.39 is 0 Å². The molecule has 0 aromatic heterocycles. The van der Waals surface area contributed by atoms with Crippen LogP contribution in [-0.2, 0) is 0 Å². The highest BCUT2D eigenvalue weighted by Gasteiger charge is 2.17. The number of hydrogen-bond donors (Lipinski definition) is 2. The summed E-state index contributed by atoms with van der Waals surface area (Å²) < 4.78 is 0. The van der Waals surface area contributed by atoms with Crippen molar-refractivity contribution in [2.45, 2.75) is 32.7 Å². The maximum Gasteiger partial charge on any atom is 0.319 e. The van der Waals surface area contributed by atoms with E-state index in [1.54, 1.807) is 0 Å². The van der Waals surface area contributed by atoms with Crippen LogP contribution in [0.3, 0.4) is 0 Å². The number of para-hydroxylation sites is 2. The summed E-state index contributed by atoms with van der Waals surface area (Å²) in [4.78, 5) is 14.7. The van der Waals surface area contributed by atoms with E-state index in [0.717, 1.165) is 30.0 Å². The second kappa shape index (κ2) is 7.39. The topological polar surface area (TPSA) is 44.4 Å². The van der Waals surface area contributed by atoms with Crippen molar-refractivity contribution in [1.82, 2.24) is 5.32 Å².